The van der Waals surface area contributed by atoms with Crippen molar-refractivity contribution in [3.8, 4) is 0 Å². The number of carbonyl (C=O) groups excluding carboxylic acids is 1. The van der Waals surface area contributed by atoms with Crippen molar-refractivity contribution in [3.05, 3.63) is 131 Å². The zero-order chi connectivity index (χ0) is 27.5. The number of carbonyl (C=O) groups is 1. The molecule has 1 heterocycles. The summed E-state index contributed by atoms with van der Waals surface area (Å²) in [5.41, 5.74) is 10.1. The highest BCUT2D eigenvalue weighted by molar-refractivity contribution is 5.94. The van der Waals surface area contributed by atoms with Crippen LogP contribution < -0.4 is 0 Å². The second-order valence-corrected chi connectivity index (χ2v) is 10.4. The fourth-order valence-corrected chi connectivity index (χ4v) is 6.16. The molecule has 1 unspecified atom stereocenters. The quantitative estimate of drug-likeness (QED) is 0.251. The molecule has 0 spiro atoms. The highest BCUT2D eigenvalue weighted by atomic mass is 16.5. The van der Waals surface area contributed by atoms with Crippen LogP contribution in [-0.2, 0) is 11.2 Å². The summed E-state index contributed by atoms with van der Waals surface area (Å²) in [5.74, 6) is -0.283. The van der Waals surface area contributed by atoms with E-state index in [4.69, 9.17) is 4.74 Å². The molecule has 3 aliphatic rings. The molecule has 1 atom stereocenters. The Morgan fingerprint density at radius 1 is 1.05 bits per heavy atom. The van der Waals surface area contributed by atoms with E-state index in [0.29, 0.717) is 12.2 Å². The van der Waals surface area contributed by atoms with Gasteiger partial charge in [-0.3, -0.25) is 0 Å². The van der Waals surface area contributed by atoms with Crippen molar-refractivity contribution in [2.75, 3.05) is 6.61 Å². The molecule has 4 heteroatoms. The van der Waals surface area contributed by atoms with Crippen LogP contribution in [0.4, 0.5) is 0 Å². The Labute approximate surface area is 236 Å². The Morgan fingerprint density at radius 3 is 2.77 bits per heavy atom. The average molecular weight is 527 g/mol. The molecule has 1 aromatic heterocycles. The lowest BCUT2D eigenvalue weighted by atomic mass is 9.80. The van der Waals surface area contributed by atoms with Crippen LogP contribution in [0.3, 0.4) is 0 Å². The van der Waals surface area contributed by atoms with Crippen molar-refractivity contribution < 1.29 is 9.53 Å². The first-order valence-corrected chi connectivity index (χ1v) is 14.2. The summed E-state index contributed by atoms with van der Waals surface area (Å²) < 4.78 is 7.14. The summed E-state index contributed by atoms with van der Waals surface area (Å²) in [5, 5.41) is 2.82. The minimum absolute atomic E-state index is 0.0949. The topological polar surface area (TPSA) is 44.1 Å². The van der Waals surface area contributed by atoms with Gasteiger partial charge in [-0.2, -0.15) is 0 Å². The number of aromatic nitrogens is 2. The number of hydrogen-bond donors (Lipinski definition) is 0. The predicted molar refractivity (Wildman–Crippen MR) is 164 cm³/mol. The molecule has 40 heavy (non-hydrogen) atoms. The first kappa shape index (κ1) is 25.8. The summed E-state index contributed by atoms with van der Waals surface area (Å²) in [4.78, 5) is 16.1. The van der Waals surface area contributed by atoms with Gasteiger partial charge in [-0.1, -0.05) is 78.4 Å². The van der Waals surface area contributed by atoms with Crippen LogP contribution in [0, 0.1) is 0 Å². The van der Waals surface area contributed by atoms with Gasteiger partial charge >= 0.3 is 5.97 Å². The van der Waals surface area contributed by atoms with E-state index in [2.05, 4.69) is 71.8 Å². The Morgan fingerprint density at radius 2 is 1.95 bits per heavy atom. The van der Waals surface area contributed by atoms with E-state index in [1.54, 1.807) is 23.7 Å². The van der Waals surface area contributed by atoms with Gasteiger partial charge in [0.2, 0.25) is 0 Å². The van der Waals surface area contributed by atoms with Crippen molar-refractivity contribution >= 4 is 34.0 Å². The molecule has 0 saturated heterocycles. The van der Waals surface area contributed by atoms with Gasteiger partial charge < -0.3 is 9.30 Å². The van der Waals surface area contributed by atoms with E-state index in [1.165, 1.54) is 47.6 Å². The normalized spacial score (nSPS) is 18.1. The van der Waals surface area contributed by atoms with E-state index in [0.717, 1.165) is 16.7 Å². The Hall–Kier alpha value is -4.44. The number of nitrogens with zero attached hydrogens (tertiary/aromatic N) is 2. The smallest absolute Gasteiger partial charge is 0.338 e. The molecule has 3 aromatic carbocycles. The molecular weight excluding hydrogens is 492 g/mol. The van der Waals surface area contributed by atoms with Gasteiger partial charge in [0.05, 0.1) is 24.5 Å². The molecule has 3 aliphatic carbocycles. The van der Waals surface area contributed by atoms with Crippen molar-refractivity contribution in [1.29, 1.82) is 0 Å². The van der Waals surface area contributed by atoms with Gasteiger partial charge in [-0.05, 0) is 95.8 Å². The van der Waals surface area contributed by atoms with E-state index in [9.17, 15) is 4.79 Å². The molecule has 200 valence electrons. The van der Waals surface area contributed by atoms with Crippen LogP contribution >= 0.6 is 0 Å². The maximum Gasteiger partial charge on any atom is 0.338 e. The summed E-state index contributed by atoms with van der Waals surface area (Å²) >= 11 is 0. The standard InChI is InChI=1S/C18H18N2O2.C18H16/c1-3-15-16-11-14(18(21)22-4-2)6-5-13(16)7-8-17(15)20-10-9-19-12-20;1-3-7-15-13(5-1)9-11-18-16-8-4-2-6-14(16)10-12-17(15)18/h3,5-12,17H,4H2,1-2H3;1,3-5,7-9,11H,2,6,10,12H2. The SMILES string of the molecule is C1=CC2=C(CC1)CCc1c2ccc2ccccc12.CC=C1c2cc(C(=O)OCC)ccc2C=CC1n1ccnc1. The molecule has 7 rings (SSSR count). The fraction of sp³-hybridized carbons (Fsp3) is 0.222. The van der Waals surface area contributed by atoms with Gasteiger partial charge in [0.25, 0.3) is 0 Å². The van der Waals surface area contributed by atoms with Crippen LogP contribution in [0.15, 0.2) is 103 Å². The van der Waals surface area contributed by atoms with Crippen molar-refractivity contribution in [3.63, 3.8) is 0 Å². The lowest BCUT2D eigenvalue weighted by Gasteiger charge is -2.25. The second kappa shape index (κ2) is 11.4. The number of aryl methyl sites for hydroxylation is 1. The molecule has 0 fully saturated rings. The van der Waals surface area contributed by atoms with Gasteiger partial charge in [-0.25, -0.2) is 9.78 Å². The highest BCUT2D eigenvalue weighted by Crippen LogP contribution is 2.40. The summed E-state index contributed by atoms with van der Waals surface area (Å²) in [6, 6.07) is 19.1. The molecule has 4 aromatic rings. The zero-order valence-corrected chi connectivity index (χ0v) is 23.1. The van der Waals surface area contributed by atoms with E-state index >= 15 is 0 Å². The van der Waals surface area contributed by atoms with Crippen LogP contribution in [-0.4, -0.2) is 22.1 Å². The maximum atomic E-state index is 12.0. The lowest BCUT2D eigenvalue weighted by Crippen LogP contribution is -2.12. The Kier molecular flexibility index (Phi) is 7.33. The monoisotopic (exact) mass is 526 g/mol. The maximum absolute atomic E-state index is 12.0. The number of allylic oxidation sites excluding steroid dienone is 7. The first-order chi connectivity index (χ1) is 19.7. The largest absolute Gasteiger partial charge is 0.462 e. The van der Waals surface area contributed by atoms with E-state index in [1.807, 2.05) is 42.8 Å². The summed E-state index contributed by atoms with van der Waals surface area (Å²) in [6.45, 7) is 4.20. The van der Waals surface area contributed by atoms with Gasteiger partial charge in [0.1, 0.15) is 0 Å². The average Bonchev–Trinajstić information content (AvgIpc) is 3.55. The third-order valence-corrected chi connectivity index (χ3v) is 8.09. The van der Waals surface area contributed by atoms with Crippen LogP contribution in [0.2, 0.25) is 0 Å². The van der Waals surface area contributed by atoms with Crippen LogP contribution in [0.1, 0.15) is 71.8 Å². The minimum Gasteiger partial charge on any atom is -0.462 e. The van der Waals surface area contributed by atoms with Gasteiger partial charge in [0, 0.05) is 12.4 Å². The first-order valence-electron chi connectivity index (χ1n) is 14.2. The predicted octanol–water partition coefficient (Wildman–Crippen LogP) is 8.62. The molecule has 4 nitrogen and oxygen atoms in total. The molecule has 0 saturated carbocycles. The second-order valence-electron chi connectivity index (χ2n) is 10.4. The van der Waals surface area contributed by atoms with Gasteiger partial charge in [0.15, 0.2) is 0 Å². The molecular formula is C36H34N2O2. The minimum atomic E-state index is -0.283. The lowest BCUT2D eigenvalue weighted by molar-refractivity contribution is 0.0526. The number of rotatable bonds is 3. The van der Waals surface area contributed by atoms with Crippen molar-refractivity contribution in [1.82, 2.24) is 9.55 Å². The Balaban J connectivity index is 0.000000147. The summed E-state index contributed by atoms with van der Waals surface area (Å²) in [7, 11) is 0. The van der Waals surface area contributed by atoms with Crippen LogP contribution in [0.5, 0.6) is 0 Å². The zero-order valence-electron chi connectivity index (χ0n) is 23.1. The van der Waals surface area contributed by atoms with Gasteiger partial charge in [-0.15, -0.1) is 0 Å². The number of ether oxygens (including phenoxy) is 1. The number of fused-ring (bicyclic) bond motifs is 5. The molecule has 0 radical (unpaired) electrons. The van der Waals surface area contributed by atoms with Crippen molar-refractivity contribution in [2.45, 2.75) is 45.6 Å². The molecule has 0 bridgehead atoms. The number of esters is 1. The van der Waals surface area contributed by atoms with Crippen molar-refractivity contribution in [2.24, 2.45) is 0 Å². The fourth-order valence-electron chi connectivity index (χ4n) is 6.16. The van der Waals surface area contributed by atoms with E-state index < -0.39 is 0 Å². The molecule has 0 amide bonds. The van der Waals surface area contributed by atoms with E-state index in [-0.39, 0.29) is 12.0 Å². The Bertz CT molecular complexity index is 1690. The molecule has 0 aliphatic heterocycles. The number of benzene rings is 3. The van der Waals surface area contributed by atoms with Crippen LogP contribution in [0.25, 0.3) is 28.0 Å². The third-order valence-electron chi connectivity index (χ3n) is 8.09. The molecule has 0 N–H and O–H groups in total. The number of hydrogen-bond acceptors (Lipinski definition) is 3. The third kappa shape index (κ3) is 4.86. The highest BCUT2D eigenvalue weighted by Gasteiger charge is 2.22. The number of imidazole rings is 1. The summed E-state index contributed by atoms with van der Waals surface area (Å²) in [6.07, 6.45) is 21.4.